The van der Waals surface area contributed by atoms with Crippen LogP contribution in [0.25, 0.3) is 6.08 Å². The summed E-state index contributed by atoms with van der Waals surface area (Å²) in [5.74, 6) is 0.753. The highest BCUT2D eigenvalue weighted by Crippen LogP contribution is 2.36. The number of amides is 2. The van der Waals surface area contributed by atoms with Gasteiger partial charge in [-0.3, -0.25) is 9.59 Å². The number of ether oxygens (including phenoxy) is 2. The number of hydrogen-bond acceptors (Lipinski definition) is 4. The third-order valence-corrected chi connectivity index (χ3v) is 4.17. The van der Waals surface area contributed by atoms with Gasteiger partial charge >= 0.3 is 0 Å². The van der Waals surface area contributed by atoms with Crippen molar-refractivity contribution in [3.05, 3.63) is 52.6 Å². The summed E-state index contributed by atoms with van der Waals surface area (Å²) >= 11 is 6.05. The molecule has 0 radical (unpaired) electrons. The van der Waals surface area contributed by atoms with E-state index in [4.69, 9.17) is 21.1 Å². The first kappa shape index (κ1) is 18.8. The molecule has 0 saturated carbocycles. The van der Waals surface area contributed by atoms with E-state index < -0.39 is 0 Å². The van der Waals surface area contributed by atoms with Gasteiger partial charge in [-0.1, -0.05) is 23.7 Å². The Hall–Kier alpha value is -2.99. The third-order valence-electron chi connectivity index (χ3n) is 3.84. The Balaban J connectivity index is 1.79. The fourth-order valence-electron chi connectivity index (χ4n) is 2.68. The summed E-state index contributed by atoms with van der Waals surface area (Å²) in [5.41, 5.74) is 2.21. The predicted octanol–water partition coefficient (Wildman–Crippen LogP) is 4.11. The van der Waals surface area contributed by atoms with Crippen LogP contribution in [0, 0.1) is 0 Å². The van der Waals surface area contributed by atoms with Crippen molar-refractivity contribution < 1.29 is 19.1 Å². The number of hydrogen-bond donors (Lipinski definition) is 2. The maximum absolute atomic E-state index is 12.6. The molecule has 0 fully saturated rings. The second-order valence-electron chi connectivity index (χ2n) is 5.90. The molecule has 0 aromatic heterocycles. The first-order valence-electron chi connectivity index (χ1n) is 8.45. The van der Waals surface area contributed by atoms with Crippen molar-refractivity contribution in [1.82, 2.24) is 0 Å². The predicted molar refractivity (Wildman–Crippen MR) is 105 cm³/mol. The van der Waals surface area contributed by atoms with E-state index in [1.165, 1.54) is 6.92 Å². The van der Waals surface area contributed by atoms with Crippen LogP contribution >= 0.6 is 11.6 Å². The van der Waals surface area contributed by atoms with Crippen LogP contribution in [-0.4, -0.2) is 25.0 Å². The van der Waals surface area contributed by atoms with Gasteiger partial charge in [0.25, 0.3) is 5.91 Å². The topological polar surface area (TPSA) is 76.7 Å². The van der Waals surface area contributed by atoms with Crippen LogP contribution < -0.4 is 20.1 Å². The minimum Gasteiger partial charge on any atom is -0.490 e. The molecule has 27 heavy (non-hydrogen) atoms. The standard InChI is InChI=1S/C20H19ClN2O4/c1-3-26-18-6-4-5-13-9-14(11-27-19(13)18)20(25)23-15-7-8-16(21)17(10-15)22-12(2)24/h4-10H,3,11H2,1-2H3,(H,22,24)(H,23,25). The van der Waals surface area contributed by atoms with Crippen molar-refractivity contribution in [2.45, 2.75) is 13.8 Å². The summed E-state index contributed by atoms with van der Waals surface area (Å²) in [6.45, 7) is 3.96. The largest absolute Gasteiger partial charge is 0.490 e. The molecule has 2 aromatic carbocycles. The lowest BCUT2D eigenvalue weighted by Crippen LogP contribution is -2.21. The molecule has 2 amide bonds. The molecule has 7 heteroatoms. The zero-order valence-electron chi connectivity index (χ0n) is 15.0. The van der Waals surface area contributed by atoms with Gasteiger partial charge in [-0.2, -0.15) is 0 Å². The van der Waals surface area contributed by atoms with Crippen LogP contribution in [0.3, 0.4) is 0 Å². The van der Waals surface area contributed by atoms with Crippen LogP contribution in [0.1, 0.15) is 19.4 Å². The van der Waals surface area contributed by atoms with Gasteiger partial charge < -0.3 is 20.1 Å². The quantitative estimate of drug-likeness (QED) is 0.810. The van der Waals surface area contributed by atoms with E-state index in [1.54, 1.807) is 24.3 Å². The smallest absolute Gasteiger partial charge is 0.255 e. The van der Waals surface area contributed by atoms with Crippen molar-refractivity contribution in [3.8, 4) is 11.5 Å². The molecule has 3 rings (SSSR count). The zero-order valence-corrected chi connectivity index (χ0v) is 15.7. The van der Waals surface area contributed by atoms with E-state index in [1.807, 2.05) is 25.1 Å². The van der Waals surface area contributed by atoms with Crippen molar-refractivity contribution in [1.29, 1.82) is 0 Å². The minimum absolute atomic E-state index is 0.134. The van der Waals surface area contributed by atoms with E-state index in [-0.39, 0.29) is 18.4 Å². The summed E-state index contributed by atoms with van der Waals surface area (Å²) < 4.78 is 11.3. The van der Waals surface area contributed by atoms with E-state index >= 15 is 0 Å². The molecule has 1 aliphatic heterocycles. The molecule has 0 saturated heterocycles. The zero-order chi connectivity index (χ0) is 19.4. The minimum atomic E-state index is -0.293. The summed E-state index contributed by atoms with van der Waals surface area (Å²) in [5, 5.41) is 5.81. The monoisotopic (exact) mass is 386 g/mol. The molecular weight excluding hydrogens is 368 g/mol. The van der Waals surface area contributed by atoms with Gasteiger partial charge in [0, 0.05) is 18.2 Å². The first-order chi connectivity index (χ1) is 13.0. The Labute approximate surface area is 162 Å². The van der Waals surface area contributed by atoms with Crippen molar-refractivity contribution in [2.75, 3.05) is 23.8 Å². The maximum Gasteiger partial charge on any atom is 0.255 e. The molecule has 1 heterocycles. The number of carbonyl (C=O) groups is 2. The second kappa shape index (κ2) is 8.14. The Morgan fingerprint density at radius 1 is 1.22 bits per heavy atom. The second-order valence-corrected chi connectivity index (χ2v) is 6.30. The summed E-state index contributed by atoms with van der Waals surface area (Å²) in [4.78, 5) is 23.8. The number of carbonyl (C=O) groups excluding carboxylic acids is 2. The Morgan fingerprint density at radius 2 is 2.04 bits per heavy atom. The van der Waals surface area contributed by atoms with E-state index in [9.17, 15) is 9.59 Å². The van der Waals surface area contributed by atoms with Gasteiger partial charge in [-0.05, 0) is 37.3 Å². The van der Waals surface area contributed by atoms with Gasteiger partial charge in [0.2, 0.25) is 5.91 Å². The lowest BCUT2D eigenvalue weighted by atomic mass is 10.1. The number of rotatable bonds is 5. The normalized spacial score (nSPS) is 12.3. The average molecular weight is 387 g/mol. The Morgan fingerprint density at radius 3 is 2.78 bits per heavy atom. The van der Waals surface area contributed by atoms with Crippen LogP contribution in [0.15, 0.2) is 42.0 Å². The highest BCUT2D eigenvalue weighted by molar-refractivity contribution is 6.33. The summed E-state index contributed by atoms with van der Waals surface area (Å²) in [7, 11) is 0. The fourth-order valence-corrected chi connectivity index (χ4v) is 2.85. The van der Waals surface area contributed by atoms with Gasteiger partial charge in [0.1, 0.15) is 6.61 Å². The Bertz CT molecular complexity index is 924. The molecule has 0 aliphatic carbocycles. The number of anilines is 2. The van der Waals surface area contributed by atoms with E-state index in [0.717, 1.165) is 5.56 Å². The van der Waals surface area contributed by atoms with Crippen LogP contribution in [0.5, 0.6) is 11.5 Å². The molecule has 140 valence electrons. The number of fused-ring (bicyclic) bond motifs is 1. The van der Waals surface area contributed by atoms with Gasteiger partial charge in [-0.25, -0.2) is 0 Å². The van der Waals surface area contributed by atoms with Crippen molar-refractivity contribution >= 4 is 40.9 Å². The van der Waals surface area contributed by atoms with Crippen molar-refractivity contribution in [3.63, 3.8) is 0 Å². The molecule has 2 aromatic rings. The highest BCUT2D eigenvalue weighted by atomic mass is 35.5. The number of halogens is 1. The fraction of sp³-hybridized carbons (Fsp3) is 0.200. The molecule has 0 unspecified atom stereocenters. The van der Waals surface area contributed by atoms with Gasteiger partial charge in [0.15, 0.2) is 11.5 Å². The molecule has 2 N–H and O–H groups in total. The molecule has 1 aliphatic rings. The summed E-state index contributed by atoms with van der Waals surface area (Å²) in [6.07, 6.45) is 1.78. The van der Waals surface area contributed by atoms with Crippen LogP contribution in [-0.2, 0) is 9.59 Å². The molecule has 6 nitrogen and oxygen atoms in total. The lowest BCUT2D eigenvalue weighted by Gasteiger charge is -2.20. The van der Waals surface area contributed by atoms with E-state index in [2.05, 4.69) is 10.6 Å². The van der Waals surface area contributed by atoms with Gasteiger partial charge in [-0.15, -0.1) is 0 Å². The highest BCUT2D eigenvalue weighted by Gasteiger charge is 2.20. The number of benzene rings is 2. The average Bonchev–Trinajstić information content (AvgIpc) is 2.64. The van der Waals surface area contributed by atoms with Gasteiger partial charge in [0.05, 0.1) is 22.9 Å². The maximum atomic E-state index is 12.6. The number of para-hydroxylation sites is 1. The van der Waals surface area contributed by atoms with Crippen molar-refractivity contribution in [2.24, 2.45) is 0 Å². The van der Waals surface area contributed by atoms with E-state index in [0.29, 0.717) is 40.1 Å². The summed E-state index contributed by atoms with van der Waals surface area (Å²) in [6, 6.07) is 10.4. The van der Waals surface area contributed by atoms with Crippen LogP contribution in [0.4, 0.5) is 11.4 Å². The first-order valence-corrected chi connectivity index (χ1v) is 8.83. The van der Waals surface area contributed by atoms with Crippen LogP contribution in [0.2, 0.25) is 5.02 Å². The third kappa shape index (κ3) is 4.41. The number of nitrogens with one attached hydrogen (secondary N) is 2. The Kier molecular flexibility index (Phi) is 5.66. The molecular formula is C20H19ClN2O4. The lowest BCUT2D eigenvalue weighted by molar-refractivity contribution is -0.114. The molecule has 0 atom stereocenters. The SMILES string of the molecule is CCOc1cccc2c1OCC(C(=O)Nc1ccc(Cl)c(NC(C)=O)c1)=C2. The molecule has 0 bridgehead atoms. The molecule has 0 spiro atoms.